The number of hydrogen-bond acceptors (Lipinski definition) is 5. The maximum absolute atomic E-state index is 12.8. The summed E-state index contributed by atoms with van der Waals surface area (Å²) in [7, 11) is -3.48. The van der Waals surface area contributed by atoms with Crippen LogP contribution in [0.4, 0.5) is 0 Å². The first-order valence-corrected chi connectivity index (χ1v) is 12.6. The van der Waals surface area contributed by atoms with Crippen LogP contribution in [0.5, 0.6) is 0 Å². The second kappa shape index (κ2) is 8.94. The Hall–Kier alpha value is -2.49. The second-order valence-corrected chi connectivity index (χ2v) is 10.7. The van der Waals surface area contributed by atoms with Gasteiger partial charge in [-0.2, -0.15) is 9.40 Å². The number of nitrogens with zero attached hydrogens (tertiary/aromatic N) is 3. The third kappa shape index (κ3) is 4.58. The summed E-state index contributed by atoms with van der Waals surface area (Å²) in [6.45, 7) is 5.45. The van der Waals surface area contributed by atoms with Crippen molar-refractivity contribution in [2.45, 2.75) is 37.6 Å². The van der Waals surface area contributed by atoms with Crippen molar-refractivity contribution in [3.63, 3.8) is 0 Å². The summed E-state index contributed by atoms with van der Waals surface area (Å²) in [5.74, 6) is -0.242. The molecule has 0 bridgehead atoms. The molecule has 164 valence electrons. The summed E-state index contributed by atoms with van der Waals surface area (Å²) in [4.78, 5) is 14.1. The zero-order valence-corrected chi connectivity index (χ0v) is 19.2. The predicted molar refractivity (Wildman–Crippen MR) is 121 cm³/mol. The predicted octanol–water partition coefficient (Wildman–Crippen LogP) is 3.37. The number of rotatable bonds is 7. The lowest BCUT2D eigenvalue weighted by molar-refractivity contribution is 0.0949. The van der Waals surface area contributed by atoms with E-state index < -0.39 is 10.0 Å². The molecular formula is C22H26N4O3S2. The average molecular weight is 459 g/mol. The number of carbonyl (C=O) groups excluding carboxylic acids is 1. The fraction of sp³-hybridized carbons (Fsp3) is 0.364. The van der Waals surface area contributed by atoms with Gasteiger partial charge in [0.15, 0.2) is 0 Å². The van der Waals surface area contributed by atoms with Gasteiger partial charge in [0.1, 0.15) is 6.04 Å². The Labute approximate surface area is 186 Å². The second-order valence-electron chi connectivity index (χ2n) is 7.75. The molecule has 1 unspecified atom stereocenters. The van der Waals surface area contributed by atoms with E-state index in [-0.39, 0.29) is 16.8 Å². The molecule has 0 radical (unpaired) electrons. The van der Waals surface area contributed by atoms with Gasteiger partial charge in [-0.3, -0.25) is 9.48 Å². The average Bonchev–Trinajstić information content (AvgIpc) is 3.51. The molecular weight excluding hydrogens is 432 g/mol. The number of carbonyl (C=O) groups is 1. The zero-order valence-electron chi connectivity index (χ0n) is 17.6. The fourth-order valence-electron chi connectivity index (χ4n) is 3.90. The van der Waals surface area contributed by atoms with Gasteiger partial charge in [-0.25, -0.2) is 8.42 Å². The third-order valence-corrected chi connectivity index (χ3v) is 8.37. The highest BCUT2D eigenvalue weighted by molar-refractivity contribution is 7.89. The van der Waals surface area contributed by atoms with E-state index >= 15 is 0 Å². The Kier molecular flexibility index (Phi) is 6.27. The van der Waals surface area contributed by atoms with Crippen molar-refractivity contribution < 1.29 is 13.2 Å². The van der Waals surface area contributed by atoms with Crippen molar-refractivity contribution in [1.82, 2.24) is 19.4 Å². The summed E-state index contributed by atoms with van der Waals surface area (Å²) >= 11 is 1.62. The van der Waals surface area contributed by atoms with Crippen LogP contribution in [-0.4, -0.2) is 48.0 Å². The van der Waals surface area contributed by atoms with Crippen LogP contribution in [0.2, 0.25) is 0 Å². The number of nitrogens with one attached hydrogen (secondary N) is 1. The van der Waals surface area contributed by atoms with Gasteiger partial charge in [0.05, 0.1) is 10.6 Å². The number of amides is 1. The minimum Gasteiger partial charge on any atom is -0.350 e. The van der Waals surface area contributed by atoms with Gasteiger partial charge < -0.3 is 5.32 Å². The van der Waals surface area contributed by atoms with Crippen LogP contribution >= 0.6 is 11.3 Å². The summed E-state index contributed by atoms with van der Waals surface area (Å²) in [6, 6.07) is 12.1. The van der Waals surface area contributed by atoms with Gasteiger partial charge >= 0.3 is 0 Å². The largest absolute Gasteiger partial charge is 0.350 e. The van der Waals surface area contributed by atoms with E-state index in [4.69, 9.17) is 0 Å². The molecule has 3 heterocycles. The van der Waals surface area contributed by atoms with Gasteiger partial charge in [-0.1, -0.05) is 6.07 Å². The van der Waals surface area contributed by atoms with E-state index in [0.29, 0.717) is 25.2 Å². The number of sulfonamides is 1. The smallest absolute Gasteiger partial charge is 0.251 e. The van der Waals surface area contributed by atoms with Crippen molar-refractivity contribution in [2.75, 3.05) is 19.6 Å². The lowest BCUT2D eigenvalue weighted by Gasteiger charge is -2.19. The van der Waals surface area contributed by atoms with Gasteiger partial charge in [-0.05, 0) is 68.5 Å². The lowest BCUT2D eigenvalue weighted by atomic mass is 10.2. The molecule has 9 heteroatoms. The lowest BCUT2D eigenvalue weighted by Crippen LogP contribution is -2.32. The highest BCUT2D eigenvalue weighted by atomic mass is 32.2. The van der Waals surface area contributed by atoms with E-state index in [9.17, 15) is 13.2 Å². The Morgan fingerprint density at radius 2 is 1.87 bits per heavy atom. The minimum atomic E-state index is -3.48. The van der Waals surface area contributed by atoms with Crippen molar-refractivity contribution in [1.29, 1.82) is 0 Å². The molecule has 4 rings (SSSR count). The molecule has 0 spiro atoms. The highest BCUT2D eigenvalue weighted by Gasteiger charge is 2.27. The van der Waals surface area contributed by atoms with Crippen LogP contribution in [0, 0.1) is 13.8 Å². The normalized spacial score (nSPS) is 15.8. The number of thiophene rings is 1. The number of hydrogen-bond donors (Lipinski definition) is 1. The molecule has 1 saturated heterocycles. The van der Waals surface area contributed by atoms with Crippen LogP contribution < -0.4 is 5.32 Å². The third-order valence-electron chi connectivity index (χ3n) is 5.49. The van der Waals surface area contributed by atoms with Gasteiger partial charge in [0.2, 0.25) is 10.0 Å². The summed E-state index contributed by atoms with van der Waals surface area (Å²) in [5.41, 5.74) is 2.39. The summed E-state index contributed by atoms with van der Waals surface area (Å²) < 4.78 is 28.8. The van der Waals surface area contributed by atoms with Crippen LogP contribution in [0.3, 0.4) is 0 Å². The quantitative estimate of drug-likeness (QED) is 0.588. The zero-order chi connectivity index (χ0) is 22.0. The molecule has 0 saturated carbocycles. The first-order valence-electron chi connectivity index (χ1n) is 10.3. The molecule has 1 aliphatic rings. The Balaban J connectivity index is 1.47. The molecule has 1 fully saturated rings. The van der Waals surface area contributed by atoms with E-state index in [1.54, 1.807) is 23.5 Å². The van der Waals surface area contributed by atoms with E-state index in [0.717, 1.165) is 29.1 Å². The maximum atomic E-state index is 12.8. The first-order chi connectivity index (χ1) is 14.9. The highest BCUT2D eigenvalue weighted by Crippen LogP contribution is 2.25. The van der Waals surface area contributed by atoms with E-state index in [1.165, 1.54) is 16.4 Å². The van der Waals surface area contributed by atoms with Crippen LogP contribution in [0.15, 0.2) is 52.7 Å². The van der Waals surface area contributed by atoms with Crippen LogP contribution in [0.1, 0.15) is 45.5 Å². The first kappa shape index (κ1) is 21.7. The van der Waals surface area contributed by atoms with Gasteiger partial charge in [0, 0.05) is 35.8 Å². The molecule has 1 amide bonds. The number of aryl methyl sites for hydroxylation is 2. The van der Waals surface area contributed by atoms with E-state index in [2.05, 4.69) is 10.4 Å². The van der Waals surface area contributed by atoms with Crippen LogP contribution in [-0.2, 0) is 10.0 Å². The molecule has 1 N–H and O–H groups in total. The Bertz CT molecular complexity index is 1150. The molecule has 1 atom stereocenters. The summed E-state index contributed by atoms with van der Waals surface area (Å²) in [6.07, 6.45) is 1.78. The van der Waals surface area contributed by atoms with Crippen molar-refractivity contribution in [3.05, 3.63) is 69.7 Å². The van der Waals surface area contributed by atoms with Crippen LogP contribution in [0.25, 0.3) is 0 Å². The molecule has 1 aromatic carbocycles. The maximum Gasteiger partial charge on any atom is 0.251 e. The van der Waals surface area contributed by atoms with Crippen molar-refractivity contribution in [3.8, 4) is 0 Å². The molecule has 3 aromatic rings. The SMILES string of the molecule is Cc1cc(C)n(C(CNC(=O)c2ccc(S(=O)(=O)N3CCCC3)cc2)c2cccs2)n1. The summed E-state index contributed by atoms with van der Waals surface area (Å²) in [5, 5.41) is 9.59. The molecule has 1 aliphatic heterocycles. The molecule has 7 nitrogen and oxygen atoms in total. The molecule has 2 aromatic heterocycles. The van der Waals surface area contributed by atoms with Gasteiger partial charge in [0.25, 0.3) is 5.91 Å². The Morgan fingerprint density at radius 1 is 1.16 bits per heavy atom. The number of benzene rings is 1. The topological polar surface area (TPSA) is 84.3 Å². The standard InChI is InChI=1S/C22H26N4O3S2/c1-16-14-17(2)26(24-16)20(21-6-5-13-30-21)15-23-22(27)18-7-9-19(10-8-18)31(28,29)25-11-3-4-12-25/h5-10,13-14,20H,3-4,11-12,15H2,1-2H3,(H,23,27). The van der Waals surface area contributed by atoms with E-state index in [1.807, 2.05) is 42.1 Å². The Morgan fingerprint density at radius 3 is 2.45 bits per heavy atom. The van der Waals surface area contributed by atoms with Crippen molar-refractivity contribution >= 4 is 27.3 Å². The number of aromatic nitrogens is 2. The molecule has 0 aliphatic carbocycles. The minimum absolute atomic E-state index is 0.104. The monoisotopic (exact) mass is 458 g/mol. The molecule has 31 heavy (non-hydrogen) atoms. The van der Waals surface area contributed by atoms with Gasteiger partial charge in [-0.15, -0.1) is 11.3 Å². The van der Waals surface area contributed by atoms with Crippen molar-refractivity contribution in [2.24, 2.45) is 0 Å². The fourth-order valence-corrected chi connectivity index (χ4v) is 6.23.